The lowest BCUT2D eigenvalue weighted by molar-refractivity contribution is -0.00775. The van der Waals surface area contributed by atoms with Gasteiger partial charge in [-0.3, -0.25) is 0 Å². The number of nitrogens with two attached hydrogens (primary N) is 1. The Bertz CT molecular complexity index is 99.1. The molecule has 0 spiro atoms. The van der Waals surface area contributed by atoms with E-state index in [-0.39, 0.29) is 17.7 Å². The number of rotatable bonds is 0. The van der Waals surface area contributed by atoms with Crippen LogP contribution >= 0.6 is 11.6 Å². The van der Waals surface area contributed by atoms with E-state index in [1.807, 2.05) is 6.92 Å². The van der Waals surface area contributed by atoms with Crippen molar-refractivity contribution in [3.8, 4) is 0 Å². The lowest BCUT2D eigenvalue weighted by Crippen LogP contribution is -2.39. The van der Waals surface area contributed by atoms with Crippen LogP contribution in [0.25, 0.3) is 0 Å². The first-order valence-electron chi connectivity index (χ1n) is 3.25. The van der Waals surface area contributed by atoms with Crippen molar-refractivity contribution in [1.29, 1.82) is 0 Å². The minimum Gasteiger partial charge on any atom is -0.358 e. The van der Waals surface area contributed by atoms with Crippen molar-refractivity contribution in [2.45, 2.75) is 37.5 Å². The van der Waals surface area contributed by atoms with Crippen LogP contribution in [0.2, 0.25) is 0 Å². The van der Waals surface area contributed by atoms with E-state index in [2.05, 4.69) is 0 Å². The summed E-state index contributed by atoms with van der Waals surface area (Å²) in [5.74, 6) is 0. The molecule has 3 atom stereocenters. The summed E-state index contributed by atoms with van der Waals surface area (Å²) in [6.45, 7) is 2.02. The van der Waals surface area contributed by atoms with Crippen LogP contribution in [0.3, 0.4) is 0 Å². The fourth-order valence-corrected chi connectivity index (χ4v) is 1.25. The zero-order chi connectivity index (χ0) is 6.85. The highest BCUT2D eigenvalue weighted by Gasteiger charge is 2.23. The number of hydrogen-bond acceptors (Lipinski definition) is 2. The van der Waals surface area contributed by atoms with E-state index in [0.29, 0.717) is 0 Å². The first-order chi connectivity index (χ1) is 4.20. The van der Waals surface area contributed by atoms with Crippen molar-refractivity contribution in [3.63, 3.8) is 0 Å². The summed E-state index contributed by atoms with van der Waals surface area (Å²) >= 11 is 5.71. The van der Waals surface area contributed by atoms with Gasteiger partial charge in [0, 0.05) is 6.04 Å². The molecule has 0 aromatic rings. The van der Waals surface area contributed by atoms with Gasteiger partial charge in [0.1, 0.15) is 5.56 Å². The SMILES string of the molecule is CC1CCC(N)C(Cl)O1. The Morgan fingerprint density at radius 1 is 1.56 bits per heavy atom. The Balaban J connectivity index is 2.35. The van der Waals surface area contributed by atoms with Crippen molar-refractivity contribution >= 4 is 11.6 Å². The van der Waals surface area contributed by atoms with Gasteiger partial charge in [0.15, 0.2) is 0 Å². The highest BCUT2D eigenvalue weighted by atomic mass is 35.5. The quantitative estimate of drug-likeness (QED) is 0.523. The molecular formula is C6H12ClNO. The molecule has 1 fully saturated rings. The summed E-state index contributed by atoms with van der Waals surface area (Å²) < 4.78 is 5.24. The van der Waals surface area contributed by atoms with Gasteiger partial charge in [0.05, 0.1) is 6.10 Å². The van der Waals surface area contributed by atoms with Gasteiger partial charge in [-0.15, -0.1) is 0 Å². The second kappa shape index (κ2) is 2.86. The fraction of sp³-hybridized carbons (Fsp3) is 1.00. The minimum absolute atomic E-state index is 0.0304. The van der Waals surface area contributed by atoms with Crippen LogP contribution in [0.15, 0.2) is 0 Å². The molecule has 2 N–H and O–H groups in total. The van der Waals surface area contributed by atoms with Crippen molar-refractivity contribution in [1.82, 2.24) is 0 Å². The monoisotopic (exact) mass is 149 g/mol. The zero-order valence-electron chi connectivity index (χ0n) is 5.51. The molecule has 54 valence electrons. The van der Waals surface area contributed by atoms with Crippen molar-refractivity contribution in [2.24, 2.45) is 5.73 Å². The molecule has 1 heterocycles. The Morgan fingerprint density at radius 2 is 2.22 bits per heavy atom. The number of alkyl halides is 1. The van der Waals surface area contributed by atoms with E-state index < -0.39 is 0 Å². The van der Waals surface area contributed by atoms with E-state index in [1.165, 1.54) is 0 Å². The van der Waals surface area contributed by atoms with Gasteiger partial charge in [0.2, 0.25) is 0 Å². The van der Waals surface area contributed by atoms with Crippen LogP contribution < -0.4 is 5.73 Å². The molecule has 9 heavy (non-hydrogen) atoms. The van der Waals surface area contributed by atoms with E-state index in [1.54, 1.807) is 0 Å². The first kappa shape index (κ1) is 7.32. The molecule has 0 radical (unpaired) electrons. The van der Waals surface area contributed by atoms with Crippen molar-refractivity contribution in [3.05, 3.63) is 0 Å². The standard InChI is InChI=1S/C6H12ClNO/c1-4-2-3-5(8)6(7)9-4/h4-6H,2-3,8H2,1H3. The van der Waals surface area contributed by atoms with Crippen LogP contribution in [0.1, 0.15) is 19.8 Å². The van der Waals surface area contributed by atoms with Gasteiger partial charge >= 0.3 is 0 Å². The van der Waals surface area contributed by atoms with E-state index in [4.69, 9.17) is 22.1 Å². The molecule has 0 aromatic heterocycles. The Labute approximate surface area is 60.3 Å². The van der Waals surface area contributed by atoms with Crippen LogP contribution in [0, 0.1) is 0 Å². The van der Waals surface area contributed by atoms with E-state index in [9.17, 15) is 0 Å². The maximum atomic E-state index is 5.71. The Hall–Kier alpha value is 0.210. The van der Waals surface area contributed by atoms with E-state index >= 15 is 0 Å². The highest BCUT2D eigenvalue weighted by molar-refractivity contribution is 6.20. The molecule has 0 saturated carbocycles. The fourth-order valence-electron chi connectivity index (χ4n) is 0.949. The highest BCUT2D eigenvalue weighted by Crippen LogP contribution is 2.19. The zero-order valence-corrected chi connectivity index (χ0v) is 6.27. The molecule has 0 amide bonds. The lowest BCUT2D eigenvalue weighted by atomic mass is 10.1. The second-order valence-electron chi connectivity index (χ2n) is 2.54. The summed E-state index contributed by atoms with van der Waals surface area (Å²) in [6.07, 6.45) is 2.30. The maximum Gasteiger partial charge on any atom is 0.146 e. The predicted octanol–water partition coefficient (Wildman–Crippen LogP) is 1.08. The summed E-state index contributed by atoms with van der Waals surface area (Å²) in [5, 5.41) is 0. The average Bonchev–Trinajstić information content (AvgIpc) is 1.80. The Morgan fingerprint density at radius 3 is 2.67 bits per heavy atom. The molecule has 3 heteroatoms. The van der Waals surface area contributed by atoms with Gasteiger partial charge in [-0.1, -0.05) is 11.6 Å². The van der Waals surface area contributed by atoms with Gasteiger partial charge in [0.25, 0.3) is 0 Å². The Kier molecular flexibility index (Phi) is 2.33. The first-order valence-corrected chi connectivity index (χ1v) is 3.69. The molecule has 1 aliphatic rings. The molecule has 0 bridgehead atoms. The number of hydrogen-bond donors (Lipinski definition) is 1. The molecule has 2 nitrogen and oxygen atoms in total. The molecule has 0 aliphatic carbocycles. The minimum atomic E-state index is -0.270. The summed E-state index contributed by atoms with van der Waals surface area (Å²) in [7, 11) is 0. The lowest BCUT2D eigenvalue weighted by Gasteiger charge is -2.28. The molecule has 1 saturated heterocycles. The molecule has 3 unspecified atom stereocenters. The van der Waals surface area contributed by atoms with Crippen molar-refractivity contribution < 1.29 is 4.74 Å². The van der Waals surface area contributed by atoms with Crippen LogP contribution in [0.4, 0.5) is 0 Å². The van der Waals surface area contributed by atoms with Crippen LogP contribution in [0.5, 0.6) is 0 Å². The van der Waals surface area contributed by atoms with Gasteiger partial charge < -0.3 is 10.5 Å². The smallest absolute Gasteiger partial charge is 0.146 e. The average molecular weight is 150 g/mol. The molecular weight excluding hydrogens is 138 g/mol. The molecule has 1 aliphatic heterocycles. The van der Waals surface area contributed by atoms with E-state index in [0.717, 1.165) is 12.8 Å². The van der Waals surface area contributed by atoms with Crippen molar-refractivity contribution in [2.75, 3.05) is 0 Å². The maximum absolute atomic E-state index is 5.71. The molecule has 0 aromatic carbocycles. The summed E-state index contributed by atoms with van der Waals surface area (Å²) in [6, 6.07) is 0.0304. The topological polar surface area (TPSA) is 35.2 Å². The van der Waals surface area contributed by atoms with Gasteiger partial charge in [-0.2, -0.15) is 0 Å². The normalized spacial score (nSPS) is 45.0. The van der Waals surface area contributed by atoms with Gasteiger partial charge in [-0.25, -0.2) is 0 Å². The third-order valence-electron chi connectivity index (χ3n) is 1.61. The number of halogens is 1. The summed E-state index contributed by atoms with van der Waals surface area (Å²) in [4.78, 5) is 0. The number of ether oxygens (including phenoxy) is 1. The molecule has 1 rings (SSSR count). The summed E-state index contributed by atoms with van der Waals surface area (Å²) in [5.41, 5.74) is 5.31. The largest absolute Gasteiger partial charge is 0.358 e. The van der Waals surface area contributed by atoms with Crippen LogP contribution in [-0.2, 0) is 4.74 Å². The van der Waals surface area contributed by atoms with Gasteiger partial charge in [-0.05, 0) is 19.8 Å². The third kappa shape index (κ3) is 1.81. The predicted molar refractivity (Wildman–Crippen MR) is 37.4 cm³/mol. The second-order valence-corrected chi connectivity index (χ2v) is 2.97. The van der Waals surface area contributed by atoms with Crippen LogP contribution in [-0.4, -0.2) is 17.7 Å². The third-order valence-corrected chi connectivity index (χ3v) is 2.03.